The van der Waals surface area contributed by atoms with Crippen LogP contribution in [0.15, 0.2) is 51.4 Å². The molecule has 1 atom stereocenters. The van der Waals surface area contributed by atoms with Gasteiger partial charge in [0.05, 0.1) is 11.1 Å². The van der Waals surface area contributed by atoms with E-state index in [0.29, 0.717) is 0 Å². The van der Waals surface area contributed by atoms with E-state index in [0.717, 1.165) is 26.1 Å². The zero-order chi connectivity index (χ0) is 13.8. The Morgan fingerprint density at radius 3 is 2.58 bits per heavy atom. The molecule has 0 fully saturated rings. The van der Waals surface area contributed by atoms with Crippen molar-refractivity contribution in [3.63, 3.8) is 0 Å². The van der Waals surface area contributed by atoms with E-state index in [1.165, 1.54) is 5.56 Å². The Labute approximate surface area is 135 Å². The van der Waals surface area contributed by atoms with Crippen molar-refractivity contribution in [3.05, 3.63) is 62.0 Å². The Kier molecular flexibility index (Phi) is 5.31. The van der Waals surface area contributed by atoms with Gasteiger partial charge < -0.3 is 5.32 Å². The predicted octanol–water partition coefficient (Wildman–Crippen LogP) is 6.43. The molecule has 100 valence electrons. The summed E-state index contributed by atoms with van der Waals surface area (Å²) in [7, 11) is 0. The largest absolute Gasteiger partial charge is 0.378 e. The maximum atomic E-state index is 6.01. The summed E-state index contributed by atoms with van der Waals surface area (Å²) in [5.74, 6) is 0. The van der Waals surface area contributed by atoms with Crippen molar-refractivity contribution in [1.82, 2.24) is 0 Å². The van der Waals surface area contributed by atoms with Crippen molar-refractivity contribution < 1.29 is 0 Å². The van der Waals surface area contributed by atoms with Gasteiger partial charge in [-0.25, -0.2) is 0 Å². The van der Waals surface area contributed by atoms with Gasteiger partial charge in [0.25, 0.3) is 0 Å². The fraction of sp³-hybridized carbons (Fsp3) is 0.200. The SMILES string of the molecule is CCC(Nc1ccc(Cl)c(Br)c1)c1cccc(Br)c1. The number of nitrogens with one attached hydrogen (secondary N) is 1. The number of halogens is 3. The maximum Gasteiger partial charge on any atom is 0.0549 e. The molecule has 0 amide bonds. The van der Waals surface area contributed by atoms with Crippen molar-refractivity contribution in [2.24, 2.45) is 0 Å². The third-order valence-corrected chi connectivity index (χ3v) is 4.63. The van der Waals surface area contributed by atoms with Gasteiger partial charge in [0.1, 0.15) is 0 Å². The van der Waals surface area contributed by atoms with E-state index in [-0.39, 0.29) is 6.04 Å². The topological polar surface area (TPSA) is 12.0 Å². The normalized spacial score (nSPS) is 12.2. The molecule has 0 bridgehead atoms. The minimum Gasteiger partial charge on any atom is -0.378 e. The second-order valence-electron chi connectivity index (χ2n) is 4.29. The van der Waals surface area contributed by atoms with Gasteiger partial charge in [-0.05, 0) is 58.2 Å². The Bertz CT molecular complexity index is 572. The van der Waals surface area contributed by atoms with E-state index in [2.05, 4.69) is 62.3 Å². The highest BCUT2D eigenvalue weighted by Crippen LogP contribution is 2.29. The number of hydrogen-bond donors (Lipinski definition) is 1. The molecule has 0 aliphatic rings. The van der Waals surface area contributed by atoms with Crippen molar-refractivity contribution in [1.29, 1.82) is 0 Å². The Hall–Kier alpha value is -0.510. The number of anilines is 1. The standard InChI is InChI=1S/C15H14Br2ClN/c1-2-15(10-4-3-5-11(16)8-10)19-12-6-7-14(18)13(17)9-12/h3-9,15,19H,2H2,1H3. The quantitative estimate of drug-likeness (QED) is 0.620. The van der Waals surface area contributed by atoms with Crippen molar-refractivity contribution in [2.75, 3.05) is 5.32 Å². The van der Waals surface area contributed by atoms with Crippen LogP contribution < -0.4 is 5.32 Å². The lowest BCUT2D eigenvalue weighted by Gasteiger charge is -2.19. The van der Waals surface area contributed by atoms with Gasteiger partial charge >= 0.3 is 0 Å². The predicted molar refractivity (Wildman–Crippen MR) is 89.9 cm³/mol. The molecule has 2 rings (SSSR count). The molecule has 1 unspecified atom stereocenters. The summed E-state index contributed by atoms with van der Waals surface area (Å²) in [5, 5.41) is 4.25. The summed E-state index contributed by atoms with van der Waals surface area (Å²) >= 11 is 13.0. The van der Waals surface area contributed by atoms with E-state index < -0.39 is 0 Å². The highest BCUT2D eigenvalue weighted by atomic mass is 79.9. The molecule has 0 saturated heterocycles. The molecular formula is C15H14Br2ClN. The van der Waals surface area contributed by atoms with Crippen LogP contribution in [0.5, 0.6) is 0 Å². The minimum atomic E-state index is 0.283. The molecule has 4 heteroatoms. The zero-order valence-electron chi connectivity index (χ0n) is 10.5. The molecule has 1 nitrogen and oxygen atoms in total. The molecule has 2 aromatic rings. The lowest BCUT2D eigenvalue weighted by atomic mass is 10.0. The van der Waals surface area contributed by atoms with Crippen LogP contribution in [-0.2, 0) is 0 Å². The third kappa shape index (κ3) is 3.98. The number of benzene rings is 2. The maximum absolute atomic E-state index is 6.01. The van der Waals surface area contributed by atoms with Crippen LogP contribution in [0.2, 0.25) is 5.02 Å². The summed E-state index contributed by atoms with van der Waals surface area (Å²) in [5.41, 5.74) is 2.33. The van der Waals surface area contributed by atoms with Crippen LogP contribution >= 0.6 is 43.5 Å². The van der Waals surface area contributed by atoms with Crippen LogP contribution in [0.4, 0.5) is 5.69 Å². The van der Waals surface area contributed by atoms with E-state index in [9.17, 15) is 0 Å². The lowest BCUT2D eigenvalue weighted by Crippen LogP contribution is -2.09. The van der Waals surface area contributed by atoms with Crippen LogP contribution in [-0.4, -0.2) is 0 Å². The van der Waals surface area contributed by atoms with Crippen molar-refractivity contribution in [3.8, 4) is 0 Å². The zero-order valence-corrected chi connectivity index (χ0v) is 14.4. The molecule has 0 aliphatic carbocycles. The summed E-state index contributed by atoms with van der Waals surface area (Å²) in [6.07, 6.45) is 1.01. The fourth-order valence-corrected chi connectivity index (χ4v) is 2.84. The first-order valence-corrected chi connectivity index (χ1v) is 8.03. The molecule has 0 saturated carbocycles. The lowest BCUT2D eigenvalue weighted by molar-refractivity contribution is 0.749. The van der Waals surface area contributed by atoms with E-state index in [4.69, 9.17) is 11.6 Å². The molecule has 0 heterocycles. The summed E-state index contributed by atoms with van der Waals surface area (Å²) in [6.45, 7) is 2.17. The van der Waals surface area contributed by atoms with E-state index in [1.807, 2.05) is 24.3 Å². The molecule has 0 aliphatic heterocycles. The van der Waals surface area contributed by atoms with Gasteiger partial charge in [0.2, 0.25) is 0 Å². The average Bonchev–Trinajstić information content (AvgIpc) is 2.40. The summed E-state index contributed by atoms with van der Waals surface area (Å²) < 4.78 is 2.01. The number of hydrogen-bond acceptors (Lipinski definition) is 1. The van der Waals surface area contributed by atoms with Crippen LogP contribution in [0.1, 0.15) is 24.9 Å². The van der Waals surface area contributed by atoms with Gasteiger partial charge in [-0.2, -0.15) is 0 Å². The summed E-state index contributed by atoms with van der Waals surface area (Å²) in [4.78, 5) is 0. The van der Waals surface area contributed by atoms with Gasteiger partial charge in [-0.3, -0.25) is 0 Å². The minimum absolute atomic E-state index is 0.283. The average molecular weight is 404 g/mol. The van der Waals surface area contributed by atoms with Gasteiger partial charge in [-0.15, -0.1) is 0 Å². The first-order chi connectivity index (χ1) is 9.10. The van der Waals surface area contributed by atoms with Gasteiger partial charge in [0, 0.05) is 14.6 Å². The van der Waals surface area contributed by atoms with Crippen LogP contribution in [0.3, 0.4) is 0 Å². The molecular weight excluding hydrogens is 389 g/mol. The van der Waals surface area contributed by atoms with Crippen LogP contribution in [0.25, 0.3) is 0 Å². The highest BCUT2D eigenvalue weighted by Gasteiger charge is 2.10. The first kappa shape index (κ1) is 14.9. The molecule has 19 heavy (non-hydrogen) atoms. The number of rotatable bonds is 4. The Morgan fingerprint density at radius 2 is 1.95 bits per heavy atom. The Balaban J connectivity index is 2.21. The second kappa shape index (κ2) is 6.78. The summed E-state index contributed by atoms with van der Waals surface area (Å²) in [6, 6.07) is 14.5. The van der Waals surface area contributed by atoms with Crippen molar-refractivity contribution in [2.45, 2.75) is 19.4 Å². The second-order valence-corrected chi connectivity index (χ2v) is 6.47. The van der Waals surface area contributed by atoms with Gasteiger partial charge in [0.15, 0.2) is 0 Å². The van der Waals surface area contributed by atoms with E-state index >= 15 is 0 Å². The monoisotopic (exact) mass is 401 g/mol. The molecule has 0 aromatic heterocycles. The third-order valence-electron chi connectivity index (χ3n) is 2.92. The van der Waals surface area contributed by atoms with Gasteiger partial charge in [-0.1, -0.05) is 46.6 Å². The Morgan fingerprint density at radius 1 is 1.16 bits per heavy atom. The van der Waals surface area contributed by atoms with Crippen molar-refractivity contribution >= 4 is 49.1 Å². The molecule has 0 radical (unpaired) electrons. The van der Waals surface area contributed by atoms with E-state index in [1.54, 1.807) is 0 Å². The molecule has 1 N–H and O–H groups in total. The first-order valence-electron chi connectivity index (χ1n) is 6.07. The fourth-order valence-electron chi connectivity index (χ4n) is 1.93. The smallest absolute Gasteiger partial charge is 0.0549 e. The molecule has 2 aromatic carbocycles. The van der Waals surface area contributed by atoms with Crippen LogP contribution in [0, 0.1) is 0 Å². The molecule has 0 spiro atoms. The highest BCUT2D eigenvalue weighted by molar-refractivity contribution is 9.10.